The first-order valence-electron chi connectivity index (χ1n) is 9.01. The maximum Gasteiger partial charge on any atom is 0.272 e. The van der Waals surface area contributed by atoms with Crippen LogP contribution in [0.4, 0.5) is 4.39 Å². The van der Waals surface area contributed by atoms with E-state index in [4.69, 9.17) is 4.42 Å². The molecule has 6 nitrogen and oxygen atoms in total. The predicted molar refractivity (Wildman–Crippen MR) is 110 cm³/mol. The van der Waals surface area contributed by atoms with Crippen molar-refractivity contribution in [3.63, 3.8) is 0 Å². The quantitative estimate of drug-likeness (QED) is 0.476. The van der Waals surface area contributed by atoms with Gasteiger partial charge in [-0.05, 0) is 36.4 Å². The van der Waals surface area contributed by atoms with E-state index in [0.717, 1.165) is 5.69 Å². The summed E-state index contributed by atoms with van der Waals surface area (Å²) in [7, 11) is 0. The van der Waals surface area contributed by atoms with Crippen molar-refractivity contribution >= 4 is 29.4 Å². The van der Waals surface area contributed by atoms with Crippen molar-refractivity contribution in [3.05, 3.63) is 70.3 Å². The fourth-order valence-corrected chi connectivity index (χ4v) is 4.95. The van der Waals surface area contributed by atoms with Crippen LogP contribution in [0, 0.1) is 5.82 Å². The van der Waals surface area contributed by atoms with E-state index in [2.05, 4.69) is 10.3 Å². The molecule has 1 amide bonds. The van der Waals surface area contributed by atoms with Gasteiger partial charge in [0.2, 0.25) is 5.91 Å². The highest BCUT2D eigenvalue weighted by molar-refractivity contribution is 8.00. The Morgan fingerprint density at radius 2 is 2.17 bits per heavy atom. The van der Waals surface area contributed by atoms with Crippen molar-refractivity contribution in [3.8, 4) is 5.69 Å². The minimum Gasteiger partial charge on any atom is -0.467 e. The van der Waals surface area contributed by atoms with Crippen molar-refractivity contribution in [1.82, 2.24) is 14.9 Å². The number of hydrogen-bond donors (Lipinski definition) is 1. The highest BCUT2D eigenvalue weighted by Gasteiger charge is 2.27. The number of aromatic nitrogens is 2. The largest absolute Gasteiger partial charge is 0.467 e. The first-order valence-corrected chi connectivity index (χ1v) is 10.9. The van der Waals surface area contributed by atoms with E-state index >= 15 is 0 Å². The minimum atomic E-state index is -0.384. The van der Waals surface area contributed by atoms with Gasteiger partial charge in [-0.2, -0.15) is 0 Å². The number of rotatable bonds is 6. The second-order valence-electron chi connectivity index (χ2n) is 6.56. The number of carbonyl (C=O) groups excluding carboxylic acids is 1. The van der Waals surface area contributed by atoms with E-state index in [1.165, 1.54) is 52.4 Å². The van der Waals surface area contributed by atoms with Crippen molar-refractivity contribution in [2.24, 2.45) is 0 Å². The van der Waals surface area contributed by atoms with Crippen LogP contribution in [0.2, 0.25) is 0 Å². The molecule has 0 saturated heterocycles. The van der Waals surface area contributed by atoms with Crippen LogP contribution in [-0.4, -0.2) is 26.5 Å². The molecule has 3 aromatic rings. The lowest BCUT2D eigenvalue weighted by atomic mass is 10.2. The van der Waals surface area contributed by atoms with E-state index in [1.54, 1.807) is 18.4 Å². The van der Waals surface area contributed by atoms with Crippen molar-refractivity contribution in [2.75, 3.05) is 5.75 Å². The standard InChI is InChI=1S/C20H18FN3O3S2/c1-12-9-16-18(29-12)19(26)24(14-6-4-13(21)5-7-14)20(23-16)28-11-17(25)22-10-15-3-2-8-27-15/h2-8,12H,9-11H2,1H3,(H,22,25)/t12-/m1/s1. The molecule has 0 unspecified atom stereocenters. The van der Waals surface area contributed by atoms with E-state index in [1.807, 2.05) is 6.92 Å². The van der Waals surface area contributed by atoms with Crippen molar-refractivity contribution < 1.29 is 13.6 Å². The Hall–Kier alpha value is -2.52. The molecule has 1 N–H and O–H groups in total. The number of amides is 1. The van der Waals surface area contributed by atoms with Crippen LogP contribution < -0.4 is 10.9 Å². The summed E-state index contributed by atoms with van der Waals surface area (Å²) in [6.45, 7) is 2.34. The summed E-state index contributed by atoms with van der Waals surface area (Å²) in [5.74, 6) is 0.170. The number of fused-ring (bicyclic) bond motifs is 1. The summed E-state index contributed by atoms with van der Waals surface area (Å²) in [6.07, 6.45) is 2.25. The third-order valence-corrected chi connectivity index (χ3v) is 6.49. The smallest absolute Gasteiger partial charge is 0.272 e. The fourth-order valence-electron chi connectivity index (χ4n) is 2.99. The molecule has 0 aliphatic carbocycles. The number of nitrogens with one attached hydrogen (secondary N) is 1. The van der Waals surface area contributed by atoms with E-state index in [0.29, 0.717) is 34.5 Å². The van der Waals surface area contributed by atoms with Gasteiger partial charge in [0, 0.05) is 11.7 Å². The molecule has 4 rings (SSSR count). The molecule has 1 aliphatic heterocycles. The molecule has 0 saturated carbocycles. The zero-order chi connectivity index (χ0) is 20.4. The van der Waals surface area contributed by atoms with E-state index < -0.39 is 0 Å². The second-order valence-corrected chi connectivity index (χ2v) is 8.96. The highest BCUT2D eigenvalue weighted by Crippen LogP contribution is 2.34. The van der Waals surface area contributed by atoms with Gasteiger partial charge in [0.1, 0.15) is 11.6 Å². The van der Waals surface area contributed by atoms with Gasteiger partial charge in [-0.25, -0.2) is 9.37 Å². The van der Waals surface area contributed by atoms with Crippen molar-refractivity contribution in [2.45, 2.75) is 35.2 Å². The molecule has 0 bridgehead atoms. The molecule has 2 aromatic heterocycles. The number of hydrogen-bond acceptors (Lipinski definition) is 6. The minimum absolute atomic E-state index is 0.0931. The topological polar surface area (TPSA) is 77.1 Å². The molecule has 0 radical (unpaired) electrons. The number of benzene rings is 1. The lowest BCUT2D eigenvalue weighted by Crippen LogP contribution is -2.27. The maximum absolute atomic E-state index is 13.4. The van der Waals surface area contributed by atoms with Gasteiger partial charge in [-0.3, -0.25) is 14.2 Å². The molecule has 0 spiro atoms. The van der Waals surface area contributed by atoms with Crippen LogP contribution in [0.25, 0.3) is 5.69 Å². The summed E-state index contributed by atoms with van der Waals surface area (Å²) in [5.41, 5.74) is 1.09. The summed E-state index contributed by atoms with van der Waals surface area (Å²) in [5, 5.41) is 3.46. The van der Waals surface area contributed by atoms with Gasteiger partial charge in [0.15, 0.2) is 5.16 Å². The number of halogens is 1. The third kappa shape index (κ3) is 4.40. The Morgan fingerprint density at radius 1 is 1.38 bits per heavy atom. The zero-order valence-corrected chi connectivity index (χ0v) is 17.2. The molecular weight excluding hydrogens is 413 g/mol. The van der Waals surface area contributed by atoms with Gasteiger partial charge in [0.05, 0.1) is 34.8 Å². The Kier molecular flexibility index (Phi) is 5.77. The molecular formula is C20H18FN3O3S2. The Morgan fingerprint density at radius 3 is 2.90 bits per heavy atom. The monoisotopic (exact) mass is 431 g/mol. The zero-order valence-electron chi connectivity index (χ0n) is 15.6. The lowest BCUT2D eigenvalue weighted by molar-refractivity contribution is -0.118. The van der Waals surface area contributed by atoms with Crippen molar-refractivity contribution in [1.29, 1.82) is 0 Å². The molecule has 150 valence electrons. The maximum atomic E-state index is 13.4. The highest BCUT2D eigenvalue weighted by atomic mass is 32.2. The van der Waals surface area contributed by atoms with Crippen LogP contribution >= 0.6 is 23.5 Å². The average Bonchev–Trinajstić information content (AvgIpc) is 3.35. The van der Waals surface area contributed by atoms with Crippen LogP contribution in [0.3, 0.4) is 0 Å². The number of furan rings is 1. The molecule has 1 atom stereocenters. The second kappa shape index (κ2) is 8.46. The summed E-state index contributed by atoms with van der Waals surface area (Å²) >= 11 is 2.68. The van der Waals surface area contributed by atoms with Gasteiger partial charge < -0.3 is 9.73 Å². The van der Waals surface area contributed by atoms with Gasteiger partial charge in [-0.1, -0.05) is 18.7 Å². The Balaban J connectivity index is 1.59. The van der Waals surface area contributed by atoms with E-state index in [9.17, 15) is 14.0 Å². The van der Waals surface area contributed by atoms with E-state index in [-0.39, 0.29) is 28.3 Å². The Labute approximate surface area is 174 Å². The SMILES string of the molecule is C[C@@H]1Cc2nc(SCC(=O)NCc3ccco3)n(-c3ccc(F)cc3)c(=O)c2S1. The summed E-state index contributed by atoms with van der Waals surface area (Å²) in [4.78, 5) is 30.6. The molecule has 9 heteroatoms. The fraction of sp³-hybridized carbons (Fsp3) is 0.250. The number of nitrogens with zero attached hydrogens (tertiary/aromatic N) is 2. The van der Waals surface area contributed by atoms with Crippen LogP contribution in [0.15, 0.2) is 61.9 Å². The first kappa shape index (κ1) is 19.8. The number of thioether (sulfide) groups is 2. The summed E-state index contributed by atoms with van der Waals surface area (Å²) in [6, 6.07) is 9.21. The third-order valence-electron chi connectivity index (χ3n) is 4.34. The predicted octanol–water partition coefficient (Wildman–Crippen LogP) is 3.41. The summed E-state index contributed by atoms with van der Waals surface area (Å²) < 4.78 is 20.0. The van der Waals surface area contributed by atoms with Crippen LogP contribution in [0.5, 0.6) is 0 Å². The normalized spacial score (nSPS) is 15.3. The first-order chi connectivity index (χ1) is 14.0. The average molecular weight is 432 g/mol. The molecule has 0 fully saturated rings. The molecule has 3 heterocycles. The van der Waals surface area contributed by atoms with Gasteiger partial charge in [0.25, 0.3) is 5.56 Å². The molecule has 1 aliphatic rings. The van der Waals surface area contributed by atoms with Crippen LogP contribution in [0.1, 0.15) is 18.4 Å². The lowest BCUT2D eigenvalue weighted by Gasteiger charge is -2.13. The Bertz CT molecular complexity index is 1080. The molecule has 29 heavy (non-hydrogen) atoms. The van der Waals surface area contributed by atoms with Crippen LogP contribution in [-0.2, 0) is 17.8 Å². The number of carbonyl (C=O) groups is 1. The molecule has 1 aromatic carbocycles. The van der Waals surface area contributed by atoms with Gasteiger partial charge >= 0.3 is 0 Å². The van der Waals surface area contributed by atoms with Gasteiger partial charge in [-0.15, -0.1) is 11.8 Å².